The van der Waals surface area contributed by atoms with E-state index in [4.69, 9.17) is 9.15 Å². The number of hydrogen-bond donors (Lipinski definition) is 0. The van der Waals surface area contributed by atoms with Gasteiger partial charge in [-0.1, -0.05) is 135 Å². The molecule has 0 bridgehead atoms. The summed E-state index contributed by atoms with van der Waals surface area (Å²) in [5.41, 5.74) is 16.3. The van der Waals surface area contributed by atoms with Crippen molar-refractivity contribution in [2.45, 2.75) is 26.2 Å². The minimum Gasteiger partial charge on any atom is -0.454 e. The zero-order chi connectivity index (χ0) is 37.5. The Kier molecular flexibility index (Phi) is 7.08. The third kappa shape index (κ3) is 4.79. The van der Waals surface area contributed by atoms with Crippen LogP contribution in [0.5, 0.6) is 11.5 Å². The average Bonchev–Trinajstić information content (AvgIpc) is 3.63. The molecule has 0 atom stereocenters. The molecule has 0 saturated carbocycles. The van der Waals surface area contributed by atoms with E-state index in [0.29, 0.717) is 0 Å². The van der Waals surface area contributed by atoms with Crippen LogP contribution >= 0.6 is 0 Å². The van der Waals surface area contributed by atoms with Gasteiger partial charge in [-0.25, -0.2) is 0 Å². The van der Waals surface area contributed by atoms with Crippen LogP contribution in [0.25, 0.3) is 44.2 Å². The largest absolute Gasteiger partial charge is 0.454 e. The first-order chi connectivity index (χ1) is 27.5. The quantitative estimate of drug-likeness (QED) is 0.177. The summed E-state index contributed by atoms with van der Waals surface area (Å²) in [6.45, 7) is 6.87. The van der Waals surface area contributed by atoms with Gasteiger partial charge < -0.3 is 19.0 Å². The van der Waals surface area contributed by atoms with E-state index >= 15 is 0 Å². The average molecular weight is 723 g/mol. The highest BCUT2D eigenvalue weighted by atomic mass is 16.5. The van der Waals surface area contributed by atoms with Crippen molar-refractivity contribution in [3.63, 3.8) is 0 Å². The van der Waals surface area contributed by atoms with Crippen molar-refractivity contribution in [3.05, 3.63) is 193 Å². The van der Waals surface area contributed by atoms with Gasteiger partial charge in [0, 0.05) is 27.6 Å². The second-order valence-corrected chi connectivity index (χ2v) is 15.4. The number of para-hydroxylation sites is 4. The number of nitrogens with zero attached hydrogens (tertiary/aromatic N) is 2. The van der Waals surface area contributed by atoms with Crippen molar-refractivity contribution in [1.82, 2.24) is 0 Å². The highest BCUT2D eigenvalue weighted by Crippen LogP contribution is 2.61. The molecule has 0 amide bonds. The molecule has 3 heterocycles. The predicted octanol–water partition coefficient (Wildman–Crippen LogP) is 14.9. The molecule has 1 aromatic heterocycles. The lowest BCUT2D eigenvalue weighted by atomic mass is 9.70. The molecule has 0 unspecified atom stereocenters. The van der Waals surface area contributed by atoms with Crippen LogP contribution in [0.1, 0.15) is 30.5 Å². The van der Waals surface area contributed by atoms with E-state index in [1.54, 1.807) is 0 Å². The van der Waals surface area contributed by atoms with Crippen LogP contribution in [0.2, 0.25) is 0 Å². The van der Waals surface area contributed by atoms with Crippen molar-refractivity contribution in [2.24, 2.45) is 0 Å². The van der Waals surface area contributed by atoms with E-state index in [0.717, 1.165) is 67.4 Å². The third-order valence-corrected chi connectivity index (χ3v) is 11.7. The van der Waals surface area contributed by atoms with Gasteiger partial charge in [-0.15, -0.1) is 0 Å². The maximum atomic E-state index is 6.67. The molecule has 0 saturated heterocycles. The zero-order valence-corrected chi connectivity index (χ0v) is 31.5. The van der Waals surface area contributed by atoms with E-state index in [-0.39, 0.29) is 5.41 Å². The van der Waals surface area contributed by atoms with Crippen LogP contribution in [0.3, 0.4) is 0 Å². The third-order valence-electron chi connectivity index (χ3n) is 11.7. The Labute approximate surface area is 326 Å². The fourth-order valence-electron chi connectivity index (χ4n) is 9.15. The van der Waals surface area contributed by atoms with E-state index in [2.05, 4.69) is 200 Å². The number of fused-ring (bicyclic) bond motifs is 7. The van der Waals surface area contributed by atoms with Crippen LogP contribution in [0.4, 0.5) is 34.1 Å². The molecular weight excluding hydrogens is 685 g/mol. The lowest BCUT2D eigenvalue weighted by Crippen LogP contribution is -2.33. The Morgan fingerprint density at radius 1 is 0.536 bits per heavy atom. The van der Waals surface area contributed by atoms with Crippen LogP contribution in [-0.4, -0.2) is 0 Å². The van der Waals surface area contributed by atoms with Gasteiger partial charge in [0.2, 0.25) is 0 Å². The molecule has 268 valence electrons. The molecule has 4 nitrogen and oxygen atoms in total. The summed E-state index contributed by atoms with van der Waals surface area (Å²) in [6, 6.07) is 62.7. The molecule has 2 aliphatic heterocycles. The Hall–Kier alpha value is -7.04. The summed E-state index contributed by atoms with van der Waals surface area (Å²) in [7, 11) is 0. The number of benzene rings is 8. The Bertz CT molecular complexity index is 3000. The molecule has 56 heavy (non-hydrogen) atoms. The highest BCUT2D eigenvalue weighted by molar-refractivity contribution is 6.10. The molecule has 0 radical (unpaired) electrons. The topological polar surface area (TPSA) is 28.9 Å². The normalized spacial score (nSPS) is 13.5. The van der Waals surface area contributed by atoms with Crippen LogP contribution in [0.15, 0.2) is 180 Å². The molecule has 0 spiro atoms. The van der Waals surface area contributed by atoms with Gasteiger partial charge in [0.05, 0.1) is 22.7 Å². The molecule has 0 aliphatic carbocycles. The van der Waals surface area contributed by atoms with Gasteiger partial charge in [0.15, 0.2) is 17.1 Å². The summed E-state index contributed by atoms with van der Waals surface area (Å²) in [6.07, 6.45) is 0. The Morgan fingerprint density at radius 3 is 2.07 bits per heavy atom. The highest BCUT2D eigenvalue weighted by Gasteiger charge is 2.43. The van der Waals surface area contributed by atoms with Crippen LogP contribution in [0, 0.1) is 6.92 Å². The summed E-state index contributed by atoms with van der Waals surface area (Å²) in [5, 5.41) is 2.21. The minimum absolute atomic E-state index is 0.319. The second kappa shape index (κ2) is 12.2. The summed E-state index contributed by atoms with van der Waals surface area (Å²) in [4.78, 5) is 4.78. The monoisotopic (exact) mass is 722 g/mol. The van der Waals surface area contributed by atoms with Gasteiger partial charge in [-0.05, 0) is 100 Å². The molecule has 9 aromatic rings. The zero-order valence-electron chi connectivity index (χ0n) is 31.5. The molecule has 0 N–H and O–H groups in total. The minimum atomic E-state index is -0.319. The molecule has 4 heteroatoms. The Balaban J connectivity index is 1.11. The molecule has 8 aromatic carbocycles. The van der Waals surface area contributed by atoms with E-state index in [1.165, 1.54) is 39.1 Å². The van der Waals surface area contributed by atoms with E-state index in [1.807, 2.05) is 6.07 Å². The number of furan rings is 1. The smallest absolute Gasteiger partial charge is 0.159 e. The first kappa shape index (κ1) is 32.4. The number of hydrogen-bond acceptors (Lipinski definition) is 4. The predicted molar refractivity (Wildman–Crippen MR) is 231 cm³/mol. The maximum absolute atomic E-state index is 6.67. The SMILES string of the molecule is Cc1cccc2c1N1c3cccc(-c4cccc(N(c5ccc(-c6ccccc6)cc5)c5cccc6c5oc5ccccc56)c4)c3C(C)(C)c3cccc(c31)O2. The van der Waals surface area contributed by atoms with Gasteiger partial charge in [-0.2, -0.15) is 0 Å². The molecule has 11 rings (SSSR count). The summed E-state index contributed by atoms with van der Waals surface area (Å²) < 4.78 is 13.3. The second-order valence-electron chi connectivity index (χ2n) is 15.4. The van der Waals surface area contributed by atoms with Gasteiger partial charge in [0.25, 0.3) is 0 Å². The summed E-state index contributed by atoms with van der Waals surface area (Å²) in [5.74, 6) is 1.77. The first-order valence-electron chi connectivity index (χ1n) is 19.3. The molecule has 0 fully saturated rings. The van der Waals surface area contributed by atoms with Gasteiger partial charge >= 0.3 is 0 Å². The van der Waals surface area contributed by atoms with E-state index in [9.17, 15) is 0 Å². The fourth-order valence-corrected chi connectivity index (χ4v) is 9.15. The van der Waals surface area contributed by atoms with Crippen LogP contribution in [-0.2, 0) is 5.41 Å². The van der Waals surface area contributed by atoms with Gasteiger partial charge in [0.1, 0.15) is 5.58 Å². The lowest BCUT2D eigenvalue weighted by molar-refractivity contribution is 0.471. The van der Waals surface area contributed by atoms with Crippen molar-refractivity contribution in [1.29, 1.82) is 0 Å². The lowest BCUT2D eigenvalue weighted by Gasteiger charge is -2.46. The van der Waals surface area contributed by atoms with Crippen molar-refractivity contribution in [3.8, 4) is 33.8 Å². The maximum Gasteiger partial charge on any atom is 0.159 e. The number of aryl methyl sites for hydroxylation is 1. The summed E-state index contributed by atoms with van der Waals surface area (Å²) >= 11 is 0. The Morgan fingerprint density at radius 2 is 1.21 bits per heavy atom. The first-order valence-corrected chi connectivity index (χ1v) is 19.3. The number of anilines is 6. The van der Waals surface area contributed by atoms with Crippen LogP contribution < -0.4 is 14.5 Å². The van der Waals surface area contributed by atoms with Crippen molar-refractivity contribution < 1.29 is 9.15 Å². The van der Waals surface area contributed by atoms with Crippen molar-refractivity contribution >= 4 is 56.1 Å². The molecule has 2 aliphatic rings. The number of rotatable bonds is 5. The van der Waals surface area contributed by atoms with Gasteiger partial charge in [-0.3, -0.25) is 0 Å². The fraction of sp³-hybridized carbons (Fsp3) is 0.0769. The van der Waals surface area contributed by atoms with Crippen molar-refractivity contribution in [2.75, 3.05) is 9.80 Å². The van der Waals surface area contributed by atoms with E-state index < -0.39 is 0 Å². The number of ether oxygens (including phenoxy) is 1. The standard InChI is InChI=1S/C52H38N2O2/c1-33-14-9-26-46-49(33)54-43-23-11-20-39(48(43)52(2,3)42-22-13-27-47(55-46)50(42)54)36-17-10-18-38(32-36)53(37-30-28-35(29-31-37)34-15-5-4-6-16-34)44-24-12-21-41-40-19-7-8-25-45(40)56-51(41)44/h4-32H,1-3H3. The molecular formula is C52H38N2O2.